The van der Waals surface area contributed by atoms with Gasteiger partial charge in [-0.2, -0.15) is 0 Å². The zero-order valence-electron chi connectivity index (χ0n) is 11.9. The van der Waals surface area contributed by atoms with Gasteiger partial charge in [-0.3, -0.25) is 4.79 Å². The molecule has 1 unspecified atom stereocenters. The van der Waals surface area contributed by atoms with Gasteiger partial charge in [0.2, 0.25) is 0 Å². The summed E-state index contributed by atoms with van der Waals surface area (Å²) in [5.41, 5.74) is 2.07. The van der Waals surface area contributed by atoms with E-state index in [2.05, 4.69) is 11.8 Å². The molecule has 0 fully saturated rings. The number of nitrogens with zero attached hydrogens (tertiary/aromatic N) is 1. The lowest BCUT2D eigenvalue weighted by molar-refractivity contribution is -0.136. The third-order valence-corrected chi connectivity index (χ3v) is 3.69. The highest BCUT2D eigenvalue weighted by Crippen LogP contribution is 2.28. The maximum atomic E-state index is 10.9. The second-order valence-electron chi connectivity index (χ2n) is 4.90. The maximum absolute atomic E-state index is 10.9. The molecule has 0 saturated carbocycles. The first-order chi connectivity index (χ1) is 10.1. The van der Waals surface area contributed by atoms with Crippen molar-refractivity contribution in [2.24, 2.45) is 0 Å². The van der Waals surface area contributed by atoms with E-state index in [1.807, 2.05) is 54.6 Å². The smallest absolute Gasteiger partial charge is 0.305 e. The van der Waals surface area contributed by atoms with Crippen LogP contribution in [0.5, 0.6) is 0 Å². The fourth-order valence-electron chi connectivity index (χ4n) is 2.33. The molecule has 21 heavy (non-hydrogen) atoms. The summed E-state index contributed by atoms with van der Waals surface area (Å²) in [6.07, 6.45) is 0.0970. The number of benzene rings is 2. The standard InChI is InChI=1S/C17H18ClNO2/c1-13(14-6-5-7-15(18)12-14)19(11-10-17(20)21)16-8-3-2-4-9-16/h2-9,12-13H,10-11H2,1H3,(H,20,21). The van der Waals surface area contributed by atoms with Crippen LogP contribution in [0.2, 0.25) is 5.02 Å². The second kappa shape index (κ2) is 7.14. The van der Waals surface area contributed by atoms with Crippen molar-refractivity contribution in [2.45, 2.75) is 19.4 Å². The van der Waals surface area contributed by atoms with Crippen LogP contribution in [-0.4, -0.2) is 17.6 Å². The normalized spacial score (nSPS) is 11.9. The molecule has 0 aliphatic rings. The first-order valence-corrected chi connectivity index (χ1v) is 7.24. The van der Waals surface area contributed by atoms with Gasteiger partial charge in [0.05, 0.1) is 12.5 Å². The SMILES string of the molecule is CC(c1cccc(Cl)c1)N(CCC(=O)O)c1ccccc1. The lowest BCUT2D eigenvalue weighted by atomic mass is 10.1. The molecule has 1 N–H and O–H groups in total. The zero-order valence-corrected chi connectivity index (χ0v) is 12.6. The highest BCUT2D eigenvalue weighted by molar-refractivity contribution is 6.30. The number of aliphatic carboxylic acids is 1. The summed E-state index contributed by atoms with van der Waals surface area (Å²) in [5.74, 6) is -0.797. The van der Waals surface area contributed by atoms with Gasteiger partial charge in [-0.15, -0.1) is 0 Å². The van der Waals surface area contributed by atoms with Gasteiger partial charge in [0, 0.05) is 17.3 Å². The Labute approximate surface area is 129 Å². The monoisotopic (exact) mass is 303 g/mol. The summed E-state index contributed by atoms with van der Waals surface area (Å²) in [5, 5.41) is 9.64. The summed E-state index contributed by atoms with van der Waals surface area (Å²) in [6.45, 7) is 2.51. The topological polar surface area (TPSA) is 40.5 Å². The Morgan fingerprint density at radius 2 is 1.90 bits per heavy atom. The van der Waals surface area contributed by atoms with Gasteiger partial charge in [-0.25, -0.2) is 0 Å². The molecule has 0 aliphatic carbocycles. The molecule has 0 bridgehead atoms. The molecular weight excluding hydrogens is 286 g/mol. The van der Waals surface area contributed by atoms with Crippen LogP contribution in [-0.2, 0) is 4.79 Å². The molecule has 4 heteroatoms. The average molecular weight is 304 g/mol. The molecule has 2 aromatic rings. The van der Waals surface area contributed by atoms with E-state index in [9.17, 15) is 4.79 Å². The van der Waals surface area contributed by atoms with Crippen molar-refractivity contribution in [3.05, 3.63) is 65.2 Å². The molecule has 2 aromatic carbocycles. The molecule has 0 amide bonds. The van der Waals surface area contributed by atoms with E-state index >= 15 is 0 Å². The van der Waals surface area contributed by atoms with Gasteiger partial charge in [0.1, 0.15) is 0 Å². The van der Waals surface area contributed by atoms with E-state index in [0.29, 0.717) is 11.6 Å². The Bertz CT molecular complexity index is 601. The van der Waals surface area contributed by atoms with Gasteiger partial charge in [-0.1, -0.05) is 41.9 Å². The fraction of sp³-hybridized carbons (Fsp3) is 0.235. The molecule has 0 heterocycles. The number of hydrogen-bond donors (Lipinski definition) is 1. The Morgan fingerprint density at radius 3 is 2.52 bits per heavy atom. The molecule has 0 aliphatic heterocycles. The molecule has 0 aromatic heterocycles. The zero-order chi connectivity index (χ0) is 15.2. The van der Waals surface area contributed by atoms with Crippen LogP contribution in [0, 0.1) is 0 Å². The molecule has 2 rings (SSSR count). The van der Waals surface area contributed by atoms with Crippen molar-refractivity contribution in [1.82, 2.24) is 0 Å². The highest BCUT2D eigenvalue weighted by atomic mass is 35.5. The molecular formula is C17H18ClNO2. The third kappa shape index (κ3) is 4.23. The Hall–Kier alpha value is -2.00. The van der Waals surface area contributed by atoms with Gasteiger partial charge in [0.15, 0.2) is 0 Å². The Balaban J connectivity index is 2.28. The van der Waals surface area contributed by atoms with E-state index < -0.39 is 5.97 Å². The van der Waals surface area contributed by atoms with Crippen molar-refractivity contribution >= 4 is 23.3 Å². The summed E-state index contributed by atoms with van der Waals surface area (Å²) < 4.78 is 0. The Kier molecular flexibility index (Phi) is 5.23. The van der Waals surface area contributed by atoms with Crippen LogP contribution in [0.1, 0.15) is 24.9 Å². The van der Waals surface area contributed by atoms with Crippen molar-refractivity contribution in [2.75, 3.05) is 11.4 Å². The lowest BCUT2D eigenvalue weighted by Gasteiger charge is -2.31. The minimum atomic E-state index is -0.797. The minimum Gasteiger partial charge on any atom is -0.481 e. The highest BCUT2D eigenvalue weighted by Gasteiger charge is 2.17. The Morgan fingerprint density at radius 1 is 1.19 bits per heavy atom. The predicted molar refractivity (Wildman–Crippen MR) is 85.9 cm³/mol. The van der Waals surface area contributed by atoms with Crippen molar-refractivity contribution in [1.29, 1.82) is 0 Å². The quantitative estimate of drug-likeness (QED) is 0.861. The molecule has 1 atom stereocenters. The van der Waals surface area contributed by atoms with E-state index in [-0.39, 0.29) is 12.5 Å². The van der Waals surface area contributed by atoms with E-state index in [1.54, 1.807) is 0 Å². The minimum absolute atomic E-state index is 0.0467. The summed E-state index contributed by atoms with van der Waals surface area (Å²) in [4.78, 5) is 13.0. The predicted octanol–water partition coefficient (Wildman–Crippen LogP) is 4.38. The third-order valence-electron chi connectivity index (χ3n) is 3.45. The number of anilines is 1. The van der Waals surface area contributed by atoms with Crippen LogP contribution in [0.4, 0.5) is 5.69 Å². The fourth-order valence-corrected chi connectivity index (χ4v) is 2.53. The van der Waals surface area contributed by atoms with Crippen LogP contribution in [0.15, 0.2) is 54.6 Å². The number of halogens is 1. The van der Waals surface area contributed by atoms with E-state index in [4.69, 9.17) is 16.7 Å². The van der Waals surface area contributed by atoms with E-state index in [0.717, 1.165) is 11.3 Å². The van der Waals surface area contributed by atoms with E-state index in [1.165, 1.54) is 0 Å². The number of para-hydroxylation sites is 1. The lowest BCUT2D eigenvalue weighted by Crippen LogP contribution is -2.29. The van der Waals surface area contributed by atoms with Crippen LogP contribution >= 0.6 is 11.6 Å². The van der Waals surface area contributed by atoms with Gasteiger partial charge < -0.3 is 10.0 Å². The molecule has 3 nitrogen and oxygen atoms in total. The number of carboxylic acids is 1. The van der Waals surface area contributed by atoms with Crippen molar-refractivity contribution < 1.29 is 9.90 Å². The molecule has 0 spiro atoms. The number of carboxylic acid groups (broad SMARTS) is 1. The molecule has 0 radical (unpaired) electrons. The van der Waals surface area contributed by atoms with Gasteiger partial charge in [-0.05, 0) is 36.8 Å². The summed E-state index contributed by atoms with van der Waals surface area (Å²) >= 11 is 6.05. The molecule has 110 valence electrons. The summed E-state index contributed by atoms with van der Waals surface area (Å²) in [6, 6.07) is 17.5. The number of carbonyl (C=O) groups is 1. The second-order valence-corrected chi connectivity index (χ2v) is 5.34. The van der Waals surface area contributed by atoms with Crippen molar-refractivity contribution in [3.8, 4) is 0 Å². The first-order valence-electron chi connectivity index (χ1n) is 6.87. The maximum Gasteiger partial charge on any atom is 0.305 e. The first kappa shape index (κ1) is 15.4. The number of hydrogen-bond acceptors (Lipinski definition) is 2. The van der Waals surface area contributed by atoms with Crippen LogP contribution in [0.3, 0.4) is 0 Å². The van der Waals surface area contributed by atoms with Crippen LogP contribution < -0.4 is 4.90 Å². The summed E-state index contributed by atoms with van der Waals surface area (Å²) in [7, 11) is 0. The van der Waals surface area contributed by atoms with Gasteiger partial charge >= 0.3 is 5.97 Å². The molecule has 0 saturated heterocycles. The number of rotatable bonds is 6. The average Bonchev–Trinajstić information content (AvgIpc) is 2.48. The van der Waals surface area contributed by atoms with Crippen molar-refractivity contribution in [3.63, 3.8) is 0 Å². The van der Waals surface area contributed by atoms with Crippen LogP contribution in [0.25, 0.3) is 0 Å². The largest absolute Gasteiger partial charge is 0.481 e. The van der Waals surface area contributed by atoms with Gasteiger partial charge in [0.25, 0.3) is 0 Å².